The van der Waals surface area contributed by atoms with E-state index in [4.69, 9.17) is 22.1 Å². The van der Waals surface area contributed by atoms with Gasteiger partial charge in [0.2, 0.25) is 0 Å². The minimum atomic E-state index is 0.0563. The van der Waals surface area contributed by atoms with E-state index in [-0.39, 0.29) is 12.1 Å². The molecule has 0 radical (unpaired) electrons. The first-order valence-corrected chi connectivity index (χ1v) is 7.14. The van der Waals surface area contributed by atoms with Crippen molar-refractivity contribution < 1.29 is 4.74 Å². The molecule has 100 valence electrons. The standard InChI is InChI=1S/C15H22ClNO/c1-11(17)15(18-10-13-3-2-4-13)9-12-5-7-14(16)8-6-12/h5-8,11,13,15H,2-4,9-10,17H2,1H3/t11-,15+/m1/s1. The van der Waals surface area contributed by atoms with Crippen LogP contribution in [-0.2, 0) is 11.2 Å². The molecule has 3 heteroatoms. The number of hydrogen-bond donors (Lipinski definition) is 1. The van der Waals surface area contributed by atoms with Crippen molar-refractivity contribution in [3.8, 4) is 0 Å². The van der Waals surface area contributed by atoms with Crippen molar-refractivity contribution in [2.24, 2.45) is 11.7 Å². The molecule has 2 atom stereocenters. The Morgan fingerprint density at radius 3 is 2.50 bits per heavy atom. The van der Waals surface area contributed by atoms with E-state index in [0.717, 1.165) is 24.0 Å². The summed E-state index contributed by atoms with van der Waals surface area (Å²) >= 11 is 5.88. The second-order valence-electron chi connectivity index (χ2n) is 5.36. The van der Waals surface area contributed by atoms with Crippen LogP contribution in [0.2, 0.25) is 5.02 Å². The molecule has 0 bridgehead atoms. The van der Waals surface area contributed by atoms with Gasteiger partial charge in [0.15, 0.2) is 0 Å². The third-order valence-corrected chi connectivity index (χ3v) is 3.96. The first-order chi connectivity index (χ1) is 8.65. The molecule has 18 heavy (non-hydrogen) atoms. The third kappa shape index (κ3) is 3.98. The van der Waals surface area contributed by atoms with E-state index in [1.165, 1.54) is 24.8 Å². The second-order valence-corrected chi connectivity index (χ2v) is 5.79. The molecule has 0 heterocycles. The third-order valence-electron chi connectivity index (χ3n) is 3.71. The van der Waals surface area contributed by atoms with E-state index >= 15 is 0 Å². The van der Waals surface area contributed by atoms with Crippen LogP contribution < -0.4 is 5.73 Å². The van der Waals surface area contributed by atoms with Crippen LogP contribution in [0.3, 0.4) is 0 Å². The molecule has 0 aliphatic heterocycles. The Kier molecular flexibility index (Phi) is 5.04. The Hall–Kier alpha value is -0.570. The van der Waals surface area contributed by atoms with Gasteiger partial charge in [0.1, 0.15) is 0 Å². The molecule has 0 aromatic heterocycles. The number of benzene rings is 1. The number of ether oxygens (including phenoxy) is 1. The maximum atomic E-state index is 6.01. The summed E-state index contributed by atoms with van der Waals surface area (Å²) in [6.07, 6.45) is 4.95. The summed E-state index contributed by atoms with van der Waals surface area (Å²) in [6.45, 7) is 2.88. The molecule has 1 aliphatic carbocycles. The quantitative estimate of drug-likeness (QED) is 0.857. The molecule has 1 fully saturated rings. The maximum absolute atomic E-state index is 6.01. The van der Waals surface area contributed by atoms with Crippen LogP contribution in [-0.4, -0.2) is 18.8 Å². The van der Waals surface area contributed by atoms with Crippen molar-refractivity contribution in [2.75, 3.05) is 6.61 Å². The Bertz CT molecular complexity index is 359. The molecule has 2 rings (SSSR count). The van der Waals surface area contributed by atoms with Gasteiger partial charge < -0.3 is 10.5 Å². The van der Waals surface area contributed by atoms with E-state index in [1.54, 1.807) is 0 Å². The average Bonchev–Trinajstić information content (AvgIpc) is 2.28. The maximum Gasteiger partial charge on any atom is 0.0763 e. The normalized spacial score (nSPS) is 19.3. The molecular formula is C15H22ClNO. The first-order valence-electron chi connectivity index (χ1n) is 6.77. The van der Waals surface area contributed by atoms with Gasteiger partial charge in [-0.1, -0.05) is 30.2 Å². The highest BCUT2D eigenvalue weighted by Crippen LogP contribution is 2.27. The summed E-state index contributed by atoms with van der Waals surface area (Å²) in [4.78, 5) is 0. The van der Waals surface area contributed by atoms with Crippen LogP contribution in [0.15, 0.2) is 24.3 Å². The van der Waals surface area contributed by atoms with E-state index in [0.29, 0.717) is 0 Å². The molecule has 1 saturated carbocycles. The molecular weight excluding hydrogens is 246 g/mol. The van der Waals surface area contributed by atoms with Crippen molar-refractivity contribution in [3.63, 3.8) is 0 Å². The Balaban J connectivity index is 1.86. The molecule has 2 nitrogen and oxygen atoms in total. The fourth-order valence-corrected chi connectivity index (χ4v) is 2.29. The molecule has 0 spiro atoms. The number of hydrogen-bond acceptors (Lipinski definition) is 2. The molecule has 1 aromatic carbocycles. The molecule has 1 aromatic rings. The SMILES string of the molecule is C[C@@H](N)[C@H](Cc1ccc(Cl)cc1)OCC1CCC1. The second kappa shape index (κ2) is 6.55. The van der Waals surface area contributed by atoms with Gasteiger partial charge in [0, 0.05) is 24.1 Å². The highest BCUT2D eigenvalue weighted by Gasteiger charge is 2.21. The zero-order valence-corrected chi connectivity index (χ0v) is 11.7. The fraction of sp³-hybridized carbons (Fsp3) is 0.600. The summed E-state index contributed by atoms with van der Waals surface area (Å²) in [5, 5.41) is 0.770. The Morgan fingerprint density at radius 1 is 1.33 bits per heavy atom. The van der Waals surface area contributed by atoms with Gasteiger partial charge in [-0.25, -0.2) is 0 Å². The Labute approximate surface area is 114 Å². The summed E-state index contributed by atoms with van der Waals surface area (Å²) in [5.41, 5.74) is 7.24. The van der Waals surface area contributed by atoms with E-state index < -0.39 is 0 Å². The first kappa shape index (κ1) is 13.9. The van der Waals surface area contributed by atoms with Crippen LogP contribution in [0, 0.1) is 5.92 Å². The fourth-order valence-electron chi connectivity index (χ4n) is 2.17. The smallest absolute Gasteiger partial charge is 0.0763 e. The lowest BCUT2D eigenvalue weighted by Gasteiger charge is -2.29. The monoisotopic (exact) mass is 267 g/mol. The lowest BCUT2D eigenvalue weighted by molar-refractivity contribution is 0.000773. The van der Waals surface area contributed by atoms with Gasteiger partial charge in [-0.3, -0.25) is 0 Å². The topological polar surface area (TPSA) is 35.2 Å². The zero-order valence-electron chi connectivity index (χ0n) is 10.9. The van der Waals surface area contributed by atoms with Crippen LogP contribution >= 0.6 is 11.6 Å². The highest BCUT2D eigenvalue weighted by atomic mass is 35.5. The van der Waals surface area contributed by atoms with Crippen molar-refractivity contribution in [3.05, 3.63) is 34.9 Å². The van der Waals surface area contributed by atoms with Gasteiger partial charge in [0.25, 0.3) is 0 Å². The van der Waals surface area contributed by atoms with E-state index in [9.17, 15) is 0 Å². The van der Waals surface area contributed by atoms with E-state index in [2.05, 4.69) is 0 Å². The predicted molar refractivity (Wildman–Crippen MR) is 75.9 cm³/mol. The van der Waals surface area contributed by atoms with Crippen LogP contribution in [0.5, 0.6) is 0 Å². The molecule has 2 N–H and O–H groups in total. The number of nitrogens with two attached hydrogens (primary N) is 1. The largest absolute Gasteiger partial charge is 0.376 e. The van der Waals surface area contributed by atoms with Gasteiger partial charge in [-0.15, -0.1) is 0 Å². The molecule has 0 unspecified atom stereocenters. The van der Waals surface area contributed by atoms with Crippen molar-refractivity contribution >= 4 is 11.6 Å². The lowest BCUT2D eigenvalue weighted by atomic mass is 9.86. The summed E-state index contributed by atoms with van der Waals surface area (Å²) in [6, 6.07) is 7.98. The number of rotatable bonds is 6. The molecule has 1 aliphatic rings. The highest BCUT2D eigenvalue weighted by molar-refractivity contribution is 6.30. The van der Waals surface area contributed by atoms with E-state index in [1.807, 2.05) is 31.2 Å². The zero-order chi connectivity index (χ0) is 13.0. The summed E-state index contributed by atoms with van der Waals surface area (Å²) in [5.74, 6) is 0.761. The summed E-state index contributed by atoms with van der Waals surface area (Å²) in [7, 11) is 0. The van der Waals surface area contributed by atoms with Crippen molar-refractivity contribution in [1.29, 1.82) is 0 Å². The minimum absolute atomic E-state index is 0.0563. The van der Waals surface area contributed by atoms with Crippen molar-refractivity contribution in [1.82, 2.24) is 0 Å². The number of halogens is 1. The van der Waals surface area contributed by atoms with Gasteiger partial charge >= 0.3 is 0 Å². The lowest BCUT2D eigenvalue weighted by Crippen LogP contribution is -2.37. The average molecular weight is 268 g/mol. The van der Waals surface area contributed by atoms with Crippen LogP contribution in [0.25, 0.3) is 0 Å². The molecule has 0 amide bonds. The van der Waals surface area contributed by atoms with Crippen molar-refractivity contribution in [2.45, 2.75) is 44.8 Å². The van der Waals surface area contributed by atoms with Gasteiger partial charge in [0.05, 0.1) is 6.10 Å². The Morgan fingerprint density at radius 2 is 2.00 bits per heavy atom. The van der Waals surface area contributed by atoms with Gasteiger partial charge in [-0.05, 0) is 43.4 Å². The molecule has 0 saturated heterocycles. The summed E-state index contributed by atoms with van der Waals surface area (Å²) < 4.78 is 5.98. The minimum Gasteiger partial charge on any atom is -0.376 e. The van der Waals surface area contributed by atoms with Crippen LogP contribution in [0.4, 0.5) is 0 Å². The van der Waals surface area contributed by atoms with Gasteiger partial charge in [-0.2, -0.15) is 0 Å². The predicted octanol–water partition coefficient (Wildman–Crippen LogP) is 3.42. The van der Waals surface area contributed by atoms with Crippen LogP contribution in [0.1, 0.15) is 31.7 Å².